The first-order valence-corrected chi connectivity index (χ1v) is 12.0. The summed E-state index contributed by atoms with van der Waals surface area (Å²) in [6.45, 7) is 0.827. The Balaban J connectivity index is 1.58. The van der Waals surface area contributed by atoms with Crippen molar-refractivity contribution in [3.8, 4) is 0 Å². The summed E-state index contributed by atoms with van der Waals surface area (Å²) < 4.78 is 33.1. The number of amides is 1. The van der Waals surface area contributed by atoms with Crippen molar-refractivity contribution in [3.05, 3.63) is 63.9 Å². The number of aromatic nitrogens is 1. The van der Waals surface area contributed by atoms with Crippen molar-refractivity contribution in [2.75, 3.05) is 18.8 Å². The molecule has 1 aromatic carbocycles. The smallest absolute Gasteiger partial charge is 0.405 e. The monoisotopic (exact) mass is 487 g/mol. The first kappa shape index (κ1) is 23.7. The summed E-state index contributed by atoms with van der Waals surface area (Å²) in [4.78, 5) is 15.1. The quantitative estimate of drug-likeness (QED) is 0.587. The van der Waals surface area contributed by atoms with Gasteiger partial charge in [0.05, 0.1) is 24.5 Å². The van der Waals surface area contributed by atoms with Crippen LogP contribution >= 0.6 is 23.2 Å². The molecule has 2 heterocycles. The SMILES string of the molecule is O=C(O)NC(CS(=O)(=O)N1CCC(OCc2c(Cl)cccc2Cl)CC1)c1cccnc1. The Morgan fingerprint density at radius 1 is 1.23 bits per heavy atom. The minimum atomic E-state index is -3.70. The van der Waals surface area contributed by atoms with Crippen LogP contribution in [0.1, 0.15) is 30.0 Å². The number of sulfonamides is 1. The molecule has 1 fully saturated rings. The third-order valence-electron chi connectivity index (χ3n) is 5.08. The van der Waals surface area contributed by atoms with E-state index in [0.717, 1.165) is 0 Å². The number of ether oxygens (including phenoxy) is 1. The van der Waals surface area contributed by atoms with Crippen LogP contribution in [0.25, 0.3) is 0 Å². The Kier molecular flexibility index (Phi) is 8.12. The topological polar surface area (TPSA) is 109 Å². The van der Waals surface area contributed by atoms with Gasteiger partial charge < -0.3 is 15.2 Å². The van der Waals surface area contributed by atoms with E-state index in [1.54, 1.807) is 30.3 Å². The lowest BCUT2D eigenvalue weighted by molar-refractivity contribution is 0.0103. The predicted octanol–water partition coefficient (Wildman–Crippen LogP) is 3.71. The van der Waals surface area contributed by atoms with Gasteiger partial charge in [-0.2, -0.15) is 0 Å². The molecule has 1 atom stereocenters. The van der Waals surface area contributed by atoms with Crippen molar-refractivity contribution in [3.63, 3.8) is 0 Å². The van der Waals surface area contributed by atoms with E-state index in [2.05, 4.69) is 10.3 Å². The van der Waals surface area contributed by atoms with E-state index in [1.807, 2.05) is 0 Å². The molecule has 1 saturated heterocycles. The molecule has 1 aromatic heterocycles. The molecule has 0 spiro atoms. The van der Waals surface area contributed by atoms with Crippen LogP contribution in [-0.4, -0.2) is 53.9 Å². The molecule has 0 radical (unpaired) electrons. The summed E-state index contributed by atoms with van der Waals surface area (Å²) in [6.07, 6.45) is 2.61. The lowest BCUT2D eigenvalue weighted by atomic mass is 10.1. The molecule has 168 valence electrons. The molecule has 11 heteroatoms. The highest BCUT2D eigenvalue weighted by Crippen LogP contribution is 2.27. The maximum atomic E-state index is 12.9. The summed E-state index contributed by atoms with van der Waals surface area (Å²) in [5.41, 5.74) is 1.20. The van der Waals surface area contributed by atoms with E-state index in [9.17, 15) is 13.2 Å². The van der Waals surface area contributed by atoms with Crippen LogP contribution < -0.4 is 5.32 Å². The van der Waals surface area contributed by atoms with Gasteiger partial charge in [-0.25, -0.2) is 17.5 Å². The zero-order chi connectivity index (χ0) is 22.4. The van der Waals surface area contributed by atoms with Crippen LogP contribution in [0, 0.1) is 0 Å². The number of benzene rings is 1. The predicted molar refractivity (Wildman–Crippen MR) is 118 cm³/mol. The second kappa shape index (κ2) is 10.6. The Morgan fingerprint density at radius 3 is 2.48 bits per heavy atom. The molecule has 0 bridgehead atoms. The molecule has 1 aliphatic heterocycles. The molecular formula is C20H23Cl2N3O5S. The summed E-state index contributed by atoms with van der Waals surface area (Å²) in [5, 5.41) is 12.4. The zero-order valence-electron chi connectivity index (χ0n) is 16.6. The van der Waals surface area contributed by atoms with Gasteiger partial charge >= 0.3 is 6.09 Å². The van der Waals surface area contributed by atoms with Gasteiger partial charge in [-0.05, 0) is 36.6 Å². The minimum Gasteiger partial charge on any atom is -0.465 e. The number of pyridine rings is 1. The van der Waals surface area contributed by atoms with Gasteiger partial charge in [0.15, 0.2) is 0 Å². The van der Waals surface area contributed by atoms with Crippen molar-refractivity contribution in [2.24, 2.45) is 0 Å². The maximum absolute atomic E-state index is 12.9. The van der Waals surface area contributed by atoms with E-state index >= 15 is 0 Å². The minimum absolute atomic E-state index is 0.120. The van der Waals surface area contributed by atoms with Crippen LogP contribution in [0.4, 0.5) is 4.79 Å². The van der Waals surface area contributed by atoms with Gasteiger partial charge in [0.25, 0.3) is 0 Å². The van der Waals surface area contributed by atoms with E-state index < -0.39 is 22.2 Å². The molecule has 1 aliphatic rings. The van der Waals surface area contributed by atoms with Gasteiger partial charge in [0, 0.05) is 41.1 Å². The molecule has 3 rings (SSSR count). The summed E-state index contributed by atoms with van der Waals surface area (Å²) in [6, 6.07) is 7.61. The molecule has 8 nitrogen and oxygen atoms in total. The normalized spacial score (nSPS) is 16.7. The van der Waals surface area contributed by atoms with Gasteiger partial charge in [-0.15, -0.1) is 0 Å². The second-order valence-corrected chi connectivity index (χ2v) is 10.0. The molecule has 1 amide bonds. The Morgan fingerprint density at radius 2 is 1.90 bits per heavy atom. The standard InChI is InChI=1S/C20H23Cl2N3O5S/c21-17-4-1-5-18(22)16(17)12-30-15-6-9-25(10-7-15)31(28,29)13-19(24-20(26)27)14-3-2-8-23-11-14/h1-5,8,11,15,19,24H,6-7,9-10,12-13H2,(H,26,27). The number of rotatable bonds is 8. The number of hydrogen-bond acceptors (Lipinski definition) is 5. The Labute approximate surface area is 191 Å². The number of piperidine rings is 1. The van der Waals surface area contributed by atoms with Crippen molar-refractivity contribution in [1.29, 1.82) is 0 Å². The highest BCUT2D eigenvalue weighted by atomic mass is 35.5. The van der Waals surface area contributed by atoms with Crippen LogP contribution in [-0.2, 0) is 21.4 Å². The molecule has 2 N–H and O–H groups in total. The third kappa shape index (κ3) is 6.54. The third-order valence-corrected chi connectivity index (χ3v) is 7.70. The van der Waals surface area contributed by atoms with E-state index in [-0.39, 0.29) is 31.6 Å². The second-order valence-electron chi connectivity index (χ2n) is 7.18. The van der Waals surface area contributed by atoms with Crippen molar-refractivity contribution in [2.45, 2.75) is 31.6 Å². The number of nitrogens with one attached hydrogen (secondary N) is 1. The fourth-order valence-electron chi connectivity index (χ4n) is 3.42. The molecule has 31 heavy (non-hydrogen) atoms. The lowest BCUT2D eigenvalue weighted by Gasteiger charge is -2.32. The first-order valence-electron chi connectivity index (χ1n) is 9.68. The lowest BCUT2D eigenvalue weighted by Crippen LogP contribution is -2.44. The van der Waals surface area contributed by atoms with Crippen LogP contribution in [0.15, 0.2) is 42.7 Å². The molecular weight excluding hydrogens is 465 g/mol. The van der Waals surface area contributed by atoms with E-state index in [0.29, 0.717) is 34.0 Å². The number of hydrogen-bond donors (Lipinski definition) is 2. The number of carboxylic acid groups (broad SMARTS) is 1. The highest BCUT2D eigenvalue weighted by molar-refractivity contribution is 7.89. The van der Waals surface area contributed by atoms with E-state index in [4.69, 9.17) is 33.0 Å². The van der Waals surface area contributed by atoms with Gasteiger partial charge in [0.2, 0.25) is 10.0 Å². The molecule has 0 aliphatic carbocycles. The van der Waals surface area contributed by atoms with Gasteiger partial charge in [0.1, 0.15) is 0 Å². The zero-order valence-corrected chi connectivity index (χ0v) is 18.9. The van der Waals surface area contributed by atoms with Crippen molar-refractivity contribution in [1.82, 2.24) is 14.6 Å². The molecule has 2 aromatic rings. The fraction of sp³-hybridized carbons (Fsp3) is 0.400. The van der Waals surface area contributed by atoms with Crippen molar-refractivity contribution < 1.29 is 23.1 Å². The average molecular weight is 488 g/mol. The Bertz CT molecular complexity index is 979. The van der Waals surface area contributed by atoms with E-state index in [1.165, 1.54) is 16.7 Å². The largest absolute Gasteiger partial charge is 0.465 e. The Hall–Kier alpha value is -1.91. The van der Waals surface area contributed by atoms with Gasteiger partial charge in [-0.3, -0.25) is 4.98 Å². The molecule has 1 unspecified atom stereocenters. The van der Waals surface area contributed by atoms with Gasteiger partial charge in [-0.1, -0.05) is 35.3 Å². The number of nitrogens with zero attached hydrogens (tertiary/aromatic N) is 2. The van der Waals surface area contributed by atoms with Crippen LogP contribution in [0.2, 0.25) is 10.0 Å². The van der Waals surface area contributed by atoms with Crippen LogP contribution in [0.3, 0.4) is 0 Å². The first-order chi connectivity index (χ1) is 14.8. The van der Waals surface area contributed by atoms with Crippen LogP contribution in [0.5, 0.6) is 0 Å². The molecule has 0 saturated carbocycles. The number of carbonyl (C=O) groups is 1. The summed E-state index contributed by atoms with van der Waals surface area (Å²) >= 11 is 12.3. The number of halogens is 2. The maximum Gasteiger partial charge on any atom is 0.405 e. The summed E-state index contributed by atoms with van der Waals surface area (Å²) in [5.74, 6) is -0.383. The average Bonchev–Trinajstić information content (AvgIpc) is 2.73. The highest BCUT2D eigenvalue weighted by Gasteiger charge is 2.32. The van der Waals surface area contributed by atoms with Crippen molar-refractivity contribution >= 4 is 39.3 Å². The summed E-state index contributed by atoms with van der Waals surface area (Å²) in [7, 11) is -3.70. The fourth-order valence-corrected chi connectivity index (χ4v) is 5.60.